The number of hydrogen-bond acceptors (Lipinski definition) is 4. The van der Waals surface area contributed by atoms with E-state index in [2.05, 4.69) is 22.3 Å². The molecule has 0 bridgehead atoms. The maximum absolute atomic E-state index is 10.3. The van der Waals surface area contributed by atoms with Gasteiger partial charge >= 0.3 is 0 Å². The topological polar surface area (TPSA) is 44.7 Å². The quantitative estimate of drug-likeness (QED) is 0.886. The van der Waals surface area contributed by atoms with Crippen LogP contribution in [0.2, 0.25) is 0 Å². The first-order valence-electron chi connectivity index (χ1n) is 8.04. The van der Waals surface area contributed by atoms with Crippen LogP contribution in [-0.4, -0.2) is 49.9 Å². The third-order valence-corrected chi connectivity index (χ3v) is 5.06. The molecule has 1 saturated heterocycles. The highest BCUT2D eigenvalue weighted by molar-refractivity contribution is 5.42. The van der Waals surface area contributed by atoms with Crippen molar-refractivity contribution in [1.82, 2.24) is 10.2 Å². The van der Waals surface area contributed by atoms with Crippen molar-refractivity contribution in [2.75, 3.05) is 39.9 Å². The molecule has 1 aliphatic heterocycles. The molecule has 1 heterocycles. The Morgan fingerprint density at radius 1 is 1.29 bits per heavy atom. The molecule has 1 unspecified atom stereocenters. The van der Waals surface area contributed by atoms with Crippen LogP contribution in [0.5, 0.6) is 5.75 Å². The lowest BCUT2D eigenvalue weighted by molar-refractivity contribution is 0.0162. The van der Waals surface area contributed by atoms with Gasteiger partial charge in [0, 0.05) is 19.6 Å². The molecule has 0 spiro atoms. The first-order chi connectivity index (χ1) is 10.3. The van der Waals surface area contributed by atoms with Crippen molar-refractivity contribution in [3.05, 3.63) is 29.3 Å². The van der Waals surface area contributed by atoms with Gasteiger partial charge in [0.05, 0.1) is 19.3 Å². The minimum Gasteiger partial charge on any atom is -0.497 e. The molecule has 1 fully saturated rings. The van der Waals surface area contributed by atoms with Gasteiger partial charge in [-0.2, -0.15) is 0 Å². The maximum Gasteiger partial charge on any atom is 0.119 e. The van der Waals surface area contributed by atoms with Crippen LogP contribution >= 0.6 is 0 Å². The first kappa shape index (κ1) is 14.8. The number of aliphatic hydroxyl groups is 1. The highest BCUT2D eigenvalue weighted by Crippen LogP contribution is 2.41. The highest BCUT2D eigenvalue weighted by Gasteiger charge is 2.41. The summed E-state index contributed by atoms with van der Waals surface area (Å²) in [6.45, 7) is 4.35. The third-order valence-electron chi connectivity index (χ3n) is 5.06. The monoisotopic (exact) mass is 290 g/mol. The van der Waals surface area contributed by atoms with E-state index in [1.165, 1.54) is 11.1 Å². The normalized spacial score (nSPS) is 27.0. The molecule has 21 heavy (non-hydrogen) atoms. The number of aliphatic hydroxyl groups excluding tert-OH is 1. The summed E-state index contributed by atoms with van der Waals surface area (Å²) in [6, 6.07) is 6.35. The van der Waals surface area contributed by atoms with E-state index in [4.69, 9.17) is 4.74 Å². The van der Waals surface area contributed by atoms with Gasteiger partial charge in [-0.15, -0.1) is 0 Å². The molecule has 1 aromatic rings. The first-order valence-corrected chi connectivity index (χ1v) is 8.04. The molecular formula is C17H26N2O2. The molecule has 1 atom stereocenters. The maximum atomic E-state index is 10.3. The van der Waals surface area contributed by atoms with Crippen molar-refractivity contribution in [1.29, 1.82) is 0 Å². The second kappa shape index (κ2) is 6.34. The Hall–Kier alpha value is -1.10. The number of ether oxygens (including phenoxy) is 1. The fourth-order valence-corrected chi connectivity index (χ4v) is 3.93. The lowest BCUT2D eigenvalue weighted by Gasteiger charge is -2.46. The number of rotatable bonds is 3. The molecule has 0 saturated carbocycles. The smallest absolute Gasteiger partial charge is 0.119 e. The van der Waals surface area contributed by atoms with Crippen LogP contribution in [0.1, 0.15) is 30.4 Å². The van der Waals surface area contributed by atoms with Crippen molar-refractivity contribution < 1.29 is 9.84 Å². The zero-order valence-electron chi connectivity index (χ0n) is 12.9. The van der Waals surface area contributed by atoms with Gasteiger partial charge in [-0.25, -0.2) is 0 Å². The van der Waals surface area contributed by atoms with Crippen LogP contribution in [0.3, 0.4) is 0 Å². The minimum atomic E-state index is -0.203. The molecular weight excluding hydrogens is 264 g/mol. The molecule has 0 radical (unpaired) electrons. The van der Waals surface area contributed by atoms with Gasteiger partial charge in [-0.1, -0.05) is 6.07 Å². The summed E-state index contributed by atoms with van der Waals surface area (Å²) in [4.78, 5) is 2.50. The third kappa shape index (κ3) is 2.68. The Kier molecular flexibility index (Phi) is 4.48. The number of nitrogens with zero attached hydrogens (tertiary/aromatic N) is 1. The van der Waals surface area contributed by atoms with Gasteiger partial charge in [0.25, 0.3) is 0 Å². The van der Waals surface area contributed by atoms with Crippen LogP contribution in [-0.2, 0) is 12.0 Å². The summed E-state index contributed by atoms with van der Waals surface area (Å²) in [5.74, 6) is 0.917. The SMILES string of the molecule is COc1ccc2c(c1)CCCC2(CO)N1CCCNCC1. The predicted octanol–water partition coefficient (Wildman–Crippen LogP) is 1.51. The largest absolute Gasteiger partial charge is 0.497 e. The van der Waals surface area contributed by atoms with Crippen LogP contribution in [0.4, 0.5) is 0 Å². The predicted molar refractivity (Wildman–Crippen MR) is 83.8 cm³/mol. The van der Waals surface area contributed by atoms with Gasteiger partial charge in [-0.3, -0.25) is 4.90 Å². The summed E-state index contributed by atoms with van der Waals surface area (Å²) >= 11 is 0. The molecule has 0 aromatic heterocycles. The fraction of sp³-hybridized carbons (Fsp3) is 0.647. The number of fused-ring (bicyclic) bond motifs is 1. The van der Waals surface area contributed by atoms with E-state index in [0.717, 1.165) is 57.6 Å². The second-order valence-corrected chi connectivity index (χ2v) is 6.16. The molecule has 4 nitrogen and oxygen atoms in total. The van der Waals surface area contributed by atoms with Gasteiger partial charge in [0.1, 0.15) is 5.75 Å². The fourth-order valence-electron chi connectivity index (χ4n) is 3.93. The van der Waals surface area contributed by atoms with Gasteiger partial charge in [0.15, 0.2) is 0 Å². The van der Waals surface area contributed by atoms with Crippen molar-refractivity contribution in [3.8, 4) is 5.75 Å². The van der Waals surface area contributed by atoms with E-state index in [0.29, 0.717) is 0 Å². The standard InChI is InChI=1S/C17H26N2O2/c1-21-15-5-6-16-14(12-15)4-2-7-17(16,13-20)19-10-3-8-18-9-11-19/h5-6,12,18,20H,2-4,7-11,13H2,1H3. The number of aryl methyl sites for hydroxylation is 1. The number of methoxy groups -OCH3 is 1. The van der Waals surface area contributed by atoms with Crippen LogP contribution in [0.25, 0.3) is 0 Å². The number of nitrogens with one attached hydrogen (secondary N) is 1. The van der Waals surface area contributed by atoms with Crippen LogP contribution in [0, 0.1) is 0 Å². The average Bonchev–Trinajstić information content (AvgIpc) is 2.83. The summed E-state index contributed by atoms with van der Waals surface area (Å²) in [6.07, 6.45) is 4.40. The molecule has 2 aliphatic rings. The molecule has 0 amide bonds. The Morgan fingerprint density at radius 3 is 3.00 bits per heavy atom. The van der Waals surface area contributed by atoms with E-state index in [-0.39, 0.29) is 12.1 Å². The minimum absolute atomic E-state index is 0.201. The van der Waals surface area contributed by atoms with E-state index in [1.54, 1.807) is 7.11 Å². The van der Waals surface area contributed by atoms with Crippen molar-refractivity contribution in [2.45, 2.75) is 31.2 Å². The Labute approximate surface area is 127 Å². The summed E-state index contributed by atoms with van der Waals surface area (Å²) in [5.41, 5.74) is 2.44. The molecule has 1 aromatic carbocycles. The van der Waals surface area contributed by atoms with Crippen molar-refractivity contribution in [3.63, 3.8) is 0 Å². The zero-order valence-corrected chi connectivity index (χ0v) is 12.9. The van der Waals surface area contributed by atoms with Crippen LogP contribution < -0.4 is 10.1 Å². The Bertz CT molecular complexity index is 484. The zero-order chi connectivity index (χ0) is 14.7. The van der Waals surface area contributed by atoms with E-state index < -0.39 is 0 Å². The molecule has 116 valence electrons. The van der Waals surface area contributed by atoms with E-state index >= 15 is 0 Å². The number of benzene rings is 1. The highest BCUT2D eigenvalue weighted by atomic mass is 16.5. The van der Waals surface area contributed by atoms with Gasteiger partial charge < -0.3 is 15.2 Å². The Balaban J connectivity index is 1.99. The summed E-state index contributed by atoms with van der Waals surface area (Å²) in [5, 5.41) is 13.7. The second-order valence-electron chi connectivity index (χ2n) is 6.16. The number of hydrogen-bond donors (Lipinski definition) is 2. The Morgan fingerprint density at radius 2 is 2.19 bits per heavy atom. The van der Waals surface area contributed by atoms with Crippen LogP contribution in [0.15, 0.2) is 18.2 Å². The molecule has 1 aliphatic carbocycles. The molecule has 3 rings (SSSR count). The summed E-state index contributed by atoms with van der Waals surface area (Å²) in [7, 11) is 1.71. The summed E-state index contributed by atoms with van der Waals surface area (Å²) < 4.78 is 5.36. The van der Waals surface area contributed by atoms with E-state index in [9.17, 15) is 5.11 Å². The van der Waals surface area contributed by atoms with Gasteiger partial charge in [0.2, 0.25) is 0 Å². The van der Waals surface area contributed by atoms with Crippen molar-refractivity contribution >= 4 is 0 Å². The molecule has 4 heteroatoms. The van der Waals surface area contributed by atoms with Crippen molar-refractivity contribution in [2.24, 2.45) is 0 Å². The lowest BCUT2D eigenvalue weighted by atomic mass is 9.75. The lowest BCUT2D eigenvalue weighted by Crippen LogP contribution is -2.52. The molecule has 2 N–H and O–H groups in total. The van der Waals surface area contributed by atoms with E-state index in [1.807, 2.05) is 6.07 Å². The average molecular weight is 290 g/mol. The van der Waals surface area contributed by atoms with Gasteiger partial charge in [-0.05, 0) is 55.5 Å².